The molecule has 0 fully saturated rings. The Morgan fingerprint density at radius 2 is 1.09 bits per heavy atom. The zero-order chi connectivity index (χ0) is 23.8. The zero-order valence-electron chi connectivity index (χ0n) is 18.6. The van der Waals surface area contributed by atoms with Gasteiger partial charge < -0.3 is 15.4 Å². The maximum atomic E-state index is 15.4. The van der Waals surface area contributed by atoms with Crippen LogP contribution in [-0.4, -0.2) is 20.2 Å². The standard InChI is InChI=1S/C27H23F3N2O/c1-4-6-16-31-20-12-8-18(9-13-20)22-24(28)25(29)23(27(33-3)26(22)30)19-10-14-21(15-11-19)32-17-7-5-2/h8-15,31-32H,16-17H2,1-3H3. The minimum Gasteiger partial charge on any atom is -0.493 e. The van der Waals surface area contributed by atoms with E-state index in [4.69, 9.17) is 4.74 Å². The van der Waals surface area contributed by atoms with Gasteiger partial charge in [0.15, 0.2) is 23.2 Å². The molecule has 0 aliphatic heterocycles. The van der Waals surface area contributed by atoms with Crippen molar-refractivity contribution in [3.8, 4) is 51.7 Å². The Kier molecular flexibility index (Phi) is 7.89. The Morgan fingerprint density at radius 1 is 0.667 bits per heavy atom. The van der Waals surface area contributed by atoms with E-state index in [1.165, 1.54) is 19.2 Å². The number of benzene rings is 3. The molecule has 0 radical (unpaired) electrons. The number of ether oxygens (including phenoxy) is 1. The first-order valence-corrected chi connectivity index (χ1v) is 10.2. The van der Waals surface area contributed by atoms with Gasteiger partial charge in [0.2, 0.25) is 0 Å². The average Bonchev–Trinajstić information content (AvgIpc) is 2.83. The third-order valence-electron chi connectivity index (χ3n) is 4.94. The van der Waals surface area contributed by atoms with Gasteiger partial charge in [0, 0.05) is 11.4 Å². The highest BCUT2D eigenvalue weighted by Crippen LogP contribution is 2.42. The predicted molar refractivity (Wildman–Crippen MR) is 128 cm³/mol. The van der Waals surface area contributed by atoms with Crippen LogP contribution < -0.4 is 15.4 Å². The molecule has 0 saturated carbocycles. The van der Waals surface area contributed by atoms with E-state index >= 15 is 13.2 Å². The Labute approximate surface area is 192 Å². The second-order valence-electron chi connectivity index (χ2n) is 6.94. The van der Waals surface area contributed by atoms with Gasteiger partial charge in [0.05, 0.1) is 31.3 Å². The average molecular weight is 448 g/mol. The van der Waals surface area contributed by atoms with Crippen molar-refractivity contribution in [1.82, 2.24) is 0 Å². The van der Waals surface area contributed by atoms with Gasteiger partial charge in [-0.3, -0.25) is 0 Å². The summed E-state index contributed by atoms with van der Waals surface area (Å²) in [5.74, 6) is 7.49. The van der Waals surface area contributed by atoms with Crippen LogP contribution in [0, 0.1) is 41.1 Å². The lowest BCUT2D eigenvalue weighted by Crippen LogP contribution is -2.04. The van der Waals surface area contributed by atoms with Gasteiger partial charge in [-0.25, -0.2) is 13.2 Å². The molecule has 3 nitrogen and oxygen atoms in total. The van der Waals surface area contributed by atoms with Crippen molar-refractivity contribution in [3.05, 3.63) is 66.0 Å². The Hall–Kier alpha value is -4.03. The fraction of sp³-hybridized carbons (Fsp3) is 0.185. The summed E-state index contributed by atoms with van der Waals surface area (Å²) in [6.45, 7) is 4.36. The van der Waals surface area contributed by atoms with Crippen molar-refractivity contribution in [2.75, 3.05) is 30.8 Å². The van der Waals surface area contributed by atoms with E-state index in [0.717, 1.165) is 11.4 Å². The molecule has 6 heteroatoms. The third-order valence-corrected chi connectivity index (χ3v) is 4.94. The molecule has 0 saturated heterocycles. The van der Waals surface area contributed by atoms with Gasteiger partial charge in [0.25, 0.3) is 0 Å². The first kappa shape index (κ1) is 23.6. The van der Waals surface area contributed by atoms with E-state index in [1.54, 1.807) is 50.2 Å². The molecule has 2 N–H and O–H groups in total. The molecule has 0 bridgehead atoms. The van der Waals surface area contributed by atoms with Crippen LogP contribution in [0.15, 0.2) is 48.5 Å². The number of nitrogens with one attached hydrogen (secondary N) is 2. The van der Waals surface area contributed by atoms with Gasteiger partial charge in [-0.2, -0.15) is 0 Å². The summed E-state index contributed by atoms with van der Waals surface area (Å²) in [6, 6.07) is 12.8. The molecule has 3 rings (SSSR count). The van der Waals surface area contributed by atoms with Crippen molar-refractivity contribution in [2.24, 2.45) is 0 Å². The first-order valence-electron chi connectivity index (χ1n) is 10.2. The summed E-state index contributed by atoms with van der Waals surface area (Å²) in [6.07, 6.45) is 0. The van der Waals surface area contributed by atoms with Crippen molar-refractivity contribution < 1.29 is 17.9 Å². The molecule has 33 heavy (non-hydrogen) atoms. The van der Waals surface area contributed by atoms with Crippen LogP contribution >= 0.6 is 0 Å². The third kappa shape index (κ3) is 5.25. The number of anilines is 2. The highest BCUT2D eigenvalue weighted by Gasteiger charge is 2.27. The van der Waals surface area contributed by atoms with E-state index in [2.05, 4.69) is 34.3 Å². The maximum Gasteiger partial charge on any atom is 0.176 e. The van der Waals surface area contributed by atoms with Crippen LogP contribution in [0.3, 0.4) is 0 Å². The Morgan fingerprint density at radius 3 is 1.52 bits per heavy atom. The molecular formula is C27H23F3N2O. The fourth-order valence-electron chi connectivity index (χ4n) is 3.32. The molecule has 0 aromatic heterocycles. The van der Waals surface area contributed by atoms with Crippen LogP contribution in [0.4, 0.5) is 24.5 Å². The molecule has 168 valence electrons. The van der Waals surface area contributed by atoms with Crippen LogP contribution in [0.1, 0.15) is 13.8 Å². The summed E-state index contributed by atoms with van der Waals surface area (Å²) in [5, 5.41) is 6.15. The van der Waals surface area contributed by atoms with Crippen molar-refractivity contribution >= 4 is 11.4 Å². The van der Waals surface area contributed by atoms with Crippen molar-refractivity contribution in [1.29, 1.82) is 0 Å². The second kappa shape index (κ2) is 11.0. The molecule has 0 amide bonds. The van der Waals surface area contributed by atoms with Gasteiger partial charge in [-0.15, -0.1) is 11.8 Å². The molecule has 0 atom stereocenters. The lowest BCUT2D eigenvalue weighted by molar-refractivity contribution is 0.380. The maximum absolute atomic E-state index is 15.4. The number of rotatable bonds is 7. The van der Waals surface area contributed by atoms with E-state index in [9.17, 15) is 0 Å². The number of hydrogen-bond acceptors (Lipinski definition) is 3. The molecule has 0 unspecified atom stereocenters. The first-order chi connectivity index (χ1) is 16.0. The molecule has 3 aromatic carbocycles. The summed E-state index contributed by atoms with van der Waals surface area (Å²) >= 11 is 0. The lowest BCUT2D eigenvalue weighted by Gasteiger charge is -2.16. The van der Waals surface area contributed by atoms with Gasteiger partial charge in [-0.05, 0) is 49.2 Å². The predicted octanol–water partition coefficient (Wildman–Crippen LogP) is 6.32. The fourth-order valence-corrected chi connectivity index (χ4v) is 3.32. The molecule has 0 heterocycles. The van der Waals surface area contributed by atoms with E-state index in [-0.39, 0.29) is 22.4 Å². The monoisotopic (exact) mass is 448 g/mol. The van der Waals surface area contributed by atoms with Crippen molar-refractivity contribution in [3.63, 3.8) is 0 Å². The normalized spacial score (nSPS) is 9.88. The van der Waals surface area contributed by atoms with Gasteiger partial charge in [0.1, 0.15) is 0 Å². The highest BCUT2D eigenvalue weighted by molar-refractivity contribution is 5.79. The minimum atomic E-state index is -1.28. The quantitative estimate of drug-likeness (QED) is 0.328. The van der Waals surface area contributed by atoms with Crippen LogP contribution in [-0.2, 0) is 0 Å². The number of hydrogen-bond donors (Lipinski definition) is 2. The number of halogens is 3. The molecular weight excluding hydrogens is 425 g/mol. The van der Waals surface area contributed by atoms with Gasteiger partial charge in [-0.1, -0.05) is 36.1 Å². The molecule has 0 aliphatic rings. The Balaban J connectivity index is 2.00. The minimum absolute atomic E-state index is 0.192. The van der Waals surface area contributed by atoms with E-state index in [1.807, 2.05) is 0 Å². The molecule has 0 aliphatic carbocycles. The summed E-state index contributed by atoms with van der Waals surface area (Å²) in [4.78, 5) is 0. The SMILES string of the molecule is CC#CCNc1ccc(-c2c(F)c(F)c(-c3ccc(NCC#CC)cc3)c(OC)c2F)cc1. The summed E-state index contributed by atoms with van der Waals surface area (Å²) in [7, 11) is 1.23. The molecule has 0 spiro atoms. The van der Waals surface area contributed by atoms with Crippen molar-refractivity contribution in [2.45, 2.75) is 13.8 Å². The summed E-state index contributed by atoms with van der Waals surface area (Å²) in [5.41, 5.74) is 1.20. The van der Waals surface area contributed by atoms with Crippen LogP contribution in [0.25, 0.3) is 22.3 Å². The second-order valence-corrected chi connectivity index (χ2v) is 6.94. The molecule has 3 aromatic rings. The largest absolute Gasteiger partial charge is 0.493 e. The smallest absolute Gasteiger partial charge is 0.176 e. The van der Waals surface area contributed by atoms with Crippen LogP contribution in [0.2, 0.25) is 0 Å². The van der Waals surface area contributed by atoms with E-state index in [0.29, 0.717) is 13.1 Å². The number of methoxy groups -OCH3 is 1. The van der Waals surface area contributed by atoms with Gasteiger partial charge >= 0.3 is 0 Å². The Bertz CT molecular complexity index is 1250. The highest BCUT2D eigenvalue weighted by atomic mass is 19.2. The van der Waals surface area contributed by atoms with Crippen LogP contribution in [0.5, 0.6) is 5.75 Å². The zero-order valence-corrected chi connectivity index (χ0v) is 18.6. The van der Waals surface area contributed by atoms with E-state index < -0.39 is 23.0 Å². The topological polar surface area (TPSA) is 33.3 Å². The summed E-state index contributed by atoms with van der Waals surface area (Å²) < 4.78 is 50.9. The lowest BCUT2D eigenvalue weighted by atomic mass is 9.96.